The van der Waals surface area contributed by atoms with Crippen LogP contribution in [0.4, 0.5) is 0 Å². The van der Waals surface area contributed by atoms with Crippen molar-refractivity contribution in [1.29, 1.82) is 0 Å². The van der Waals surface area contributed by atoms with Gasteiger partial charge in [-0.25, -0.2) is 0 Å². The van der Waals surface area contributed by atoms with Gasteiger partial charge in [-0.15, -0.1) is 0 Å². The van der Waals surface area contributed by atoms with E-state index >= 15 is 0 Å². The van der Waals surface area contributed by atoms with E-state index in [4.69, 9.17) is 4.74 Å². The first-order valence-corrected chi connectivity index (χ1v) is 6.47. The van der Waals surface area contributed by atoms with Gasteiger partial charge in [0, 0.05) is 6.54 Å². The summed E-state index contributed by atoms with van der Waals surface area (Å²) < 4.78 is 7.20. The SMILES string of the molecule is CCOc1c(-c2ccccc2)sn(CC)c1=O. The van der Waals surface area contributed by atoms with Crippen molar-refractivity contribution in [3.63, 3.8) is 0 Å². The van der Waals surface area contributed by atoms with E-state index in [0.29, 0.717) is 18.9 Å². The Balaban J connectivity index is 2.57. The molecule has 0 fully saturated rings. The minimum Gasteiger partial charge on any atom is -0.487 e. The fourth-order valence-corrected chi connectivity index (χ4v) is 2.64. The summed E-state index contributed by atoms with van der Waals surface area (Å²) in [5, 5.41) is 0. The summed E-state index contributed by atoms with van der Waals surface area (Å²) in [6.07, 6.45) is 0. The molecular weight excluding hydrogens is 234 g/mol. The first-order chi connectivity index (χ1) is 8.27. The van der Waals surface area contributed by atoms with Crippen LogP contribution in [0.1, 0.15) is 13.8 Å². The Morgan fingerprint density at radius 2 is 1.94 bits per heavy atom. The lowest BCUT2D eigenvalue weighted by Crippen LogP contribution is -2.14. The number of nitrogens with zero attached hydrogens (tertiary/aromatic N) is 1. The molecule has 3 nitrogen and oxygen atoms in total. The Morgan fingerprint density at radius 1 is 1.24 bits per heavy atom. The molecule has 0 bridgehead atoms. The van der Waals surface area contributed by atoms with Crippen LogP contribution in [0.3, 0.4) is 0 Å². The highest BCUT2D eigenvalue weighted by molar-refractivity contribution is 7.10. The first kappa shape index (κ1) is 11.9. The lowest BCUT2D eigenvalue weighted by atomic mass is 10.2. The van der Waals surface area contributed by atoms with E-state index in [-0.39, 0.29) is 5.56 Å². The van der Waals surface area contributed by atoms with Crippen molar-refractivity contribution in [2.45, 2.75) is 20.4 Å². The second-order valence-corrected chi connectivity index (χ2v) is 4.58. The van der Waals surface area contributed by atoms with Crippen LogP contribution in [0.15, 0.2) is 35.1 Å². The topological polar surface area (TPSA) is 31.2 Å². The van der Waals surface area contributed by atoms with Crippen LogP contribution in [-0.2, 0) is 6.54 Å². The maximum atomic E-state index is 12.0. The summed E-state index contributed by atoms with van der Waals surface area (Å²) in [4.78, 5) is 12.9. The van der Waals surface area contributed by atoms with Gasteiger partial charge < -0.3 is 4.74 Å². The van der Waals surface area contributed by atoms with Crippen LogP contribution in [0.2, 0.25) is 0 Å². The van der Waals surface area contributed by atoms with E-state index in [0.717, 1.165) is 10.4 Å². The molecule has 0 aliphatic carbocycles. The normalized spacial score (nSPS) is 10.5. The highest BCUT2D eigenvalue weighted by atomic mass is 32.1. The molecule has 1 aromatic carbocycles. The van der Waals surface area contributed by atoms with Gasteiger partial charge in [0.25, 0.3) is 0 Å². The minimum atomic E-state index is -0.0294. The largest absolute Gasteiger partial charge is 0.487 e. The van der Waals surface area contributed by atoms with Crippen molar-refractivity contribution in [2.24, 2.45) is 0 Å². The minimum absolute atomic E-state index is 0.0294. The van der Waals surface area contributed by atoms with E-state index in [1.54, 1.807) is 3.96 Å². The van der Waals surface area contributed by atoms with Gasteiger partial charge in [0.1, 0.15) is 0 Å². The summed E-state index contributed by atoms with van der Waals surface area (Å²) in [5.74, 6) is 0.477. The summed E-state index contributed by atoms with van der Waals surface area (Å²) >= 11 is 1.46. The fraction of sp³-hybridized carbons (Fsp3) is 0.308. The van der Waals surface area contributed by atoms with Gasteiger partial charge in [-0.3, -0.25) is 8.75 Å². The zero-order valence-corrected chi connectivity index (χ0v) is 10.8. The van der Waals surface area contributed by atoms with Crippen LogP contribution in [0.25, 0.3) is 10.4 Å². The average Bonchev–Trinajstić information content (AvgIpc) is 2.69. The van der Waals surface area contributed by atoms with E-state index in [1.807, 2.05) is 44.2 Å². The molecule has 4 heteroatoms. The third-order valence-electron chi connectivity index (χ3n) is 2.44. The number of hydrogen-bond acceptors (Lipinski definition) is 3. The van der Waals surface area contributed by atoms with Crippen LogP contribution in [-0.4, -0.2) is 10.6 Å². The number of aryl methyl sites for hydroxylation is 1. The number of rotatable bonds is 4. The third-order valence-corrected chi connectivity index (χ3v) is 3.69. The monoisotopic (exact) mass is 249 g/mol. The molecule has 0 aliphatic rings. The Morgan fingerprint density at radius 3 is 2.53 bits per heavy atom. The molecule has 1 aromatic heterocycles. The Kier molecular flexibility index (Phi) is 3.64. The Labute approximate surface area is 104 Å². The maximum absolute atomic E-state index is 12.0. The fourth-order valence-electron chi connectivity index (χ4n) is 1.66. The zero-order chi connectivity index (χ0) is 12.3. The molecule has 0 saturated heterocycles. The van der Waals surface area contributed by atoms with Crippen molar-refractivity contribution in [2.75, 3.05) is 6.61 Å². The lowest BCUT2D eigenvalue weighted by Gasteiger charge is -2.01. The number of hydrogen-bond donors (Lipinski definition) is 0. The van der Waals surface area contributed by atoms with Gasteiger partial charge in [0.2, 0.25) is 5.75 Å². The van der Waals surface area contributed by atoms with Crippen molar-refractivity contribution in [1.82, 2.24) is 3.96 Å². The van der Waals surface area contributed by atoms with Crippen molar-refractivity contribution in [3.05, 3.63) is 40.7 Å². The molecule has 0 spiro atoms. The van der Waals surface area contributed by atoms with Crippen molar-refractivity contribution in [3.8, 4) is 16.2 Å². The van der Waals surface area contributed by atoms with E-state index < -0.39 is 0 Å². The summed E-state index contributed by atoms with van der Waals surface area (Å²) in [5.41, 5.74) is 1.00. The third kappa shape index (κ3) is 2.26. The van der Waals surface area contributed by atoms with Gasteiger partial charge in [0.15, 0.2) is 0 Å². The predicted octanol–water partition coefficient (Wildman–Crippen LogP) is 3.00. The van der Waals surface area contributed by atoms with Gasteiger partial charge in [0.05, 0.1) is 11.5 Å². The number of aromatic nitrogens is 1. The summed E-state index contributed by atoms with van der Waals surface area (Å²) in [6, 6.07) is 9.88. The average molecular weight is 249 g/mol. The zero-order valence-electron chi connectivity index (χ0n) is 9.97. The predicted molar refractivity (Wildman–Crippen MR) is 70.9 cm³/mol. The number of benzene rings is 1. The molecule has 0 amide bonds. The van der Waals surface area contributed by atoms with Gasteiger partial charge in [-0.05, 0) is 19.4 Å². The van der Waals surface area contributed by atoms with Crippen molar-refractivity contribution < 1.29 is 4.74 Å². The smallest absolute Gasteiger partial charge is 0.303 e. The van der Waals surface area contributed by atoms with E-state index in [1.165, 1.54) is 11.5 Å². The Hall–Kier alpha value is -1.55. The van der Waals surface area contributed by atoms with Gasteiger partial charge >= 0.3 is 5.56 Å². The molecular formula is C13H15NO2S. The van der Waals surface area contributed by atoms with Gasteiger partial charge in [-0.1, -0.05) is 41.9 Å². The summed E-state index contributed by atoms with van der Waals surface area (Å²) in [7, 11) is 0. The highest BCUT2D eigenvalue weighted by Gasteiger charge is 2.16. The molecule has 2 rings (SSSR count). The molecule has 0 unspecified atom stereocenters. The van der Waals surface area contributed by atoms with Crippen LogP contribution >= 0.6 is 11.5 Å². The highest BCUT2D eigenvalue weighted by Crippen LogP contribution is 2.31. The molecule has 0 radical (unpaired) electrons. The lowest BCUT2D eigenvalue weighted by molar-refractivity contribution is 0.337. The van der Waals surface area contributed by atoms with Crippen LogP contribution in [0, 0.1) is 0 Å². The molecule has 2 aromatic rings. The van der Waals surface area contributed by atoms with E-state index in [9.17, 15) is 4.79 Å². The quantitative estimate of drug-likeness (QED) is 0.834. The number of ether oxygens (including phenoxy) is 1. The molecule has 0 atom stereocenters. The summed E-state index contributed by atoms with van der Waals surface area (Å²) in [6.45, 7) is 5.04. The van der Waals surface area contributed by atoms with Crippen LogP contribution in [0.5, 0.6) is 5.75 Å². The maximum Gasteiger partial charge on any atom is 0.303 e. The molecule has 0 saturated carbocycles. The molecule has 90 valence electrons. The second kappa shape index (κ2) is 5.19. The first-order valence-electron chi connectivity index (χ1n) is 5.70. The molecule has 0 aliphatic heterocycles. The van der Waals surface area contributed by atoms with Crippen LogP contribution < -0.4 is 10.3 Å². The van der Waals surface area contributed by atoms with E-state index in [2.05, 4.69) is 0 Å². The van der Waals surface area contributed by atoms with Gasteiger partial charge in [-0.2, -0.15) is 0 Å². The molecule has 1 heterocycles. The standard InChI is InChI=1S/C13H15NO2S/c1-3-14-13(15)11(16-4-2)12(17-14)10-8-6-5-7-9-10/h5-9H,3-4H2,1-2H3. The van der Waals surface area contributed by atoms with Crippen molar-refractivity contribution >= 4 is 11.5 Å². The molecule has 0 N–H and O–H groups in total. The Bertz CT molecular complexity index is 542. The molecule has 17 heavy (non-hydrogen) atoms. The second-order valence-electron chi connectivity index (χ2n) is 3.55.